The van der Waals surface area contributed by atoms with Gasteiger partial charge in [0.1, 0.15) is 5.69 Å². The molecule has 3 N–H and O–H groups in total. The van der Waals surface area contributed by atoms with E-state index in [0.29, 0.717) is 10.9 Å². The Morgan fingerprint density at radius 1 is 1.30 bits per heavy atom. The van der Waals surface area contributed by atoms with Crippen molar-refractivity contribution in [2.75, 3.05) is 0 Å². The minimum Gasteiger partial charge on any atom is -0.409 e. The molecule has 0 fully saturated rings. The molecule has 0 spiro atoms. The number of aromatic nitrogens is 2. The van der Waals surface area contributed by atoms with Crippen LogP contribution in [0, 0.1) is 13.8 Å². The molecule has 6 heteroatoms. The van der Waals surface area contributed by atoms with Crippen molar-refractivity contribution in [2.24, 2.45) is 10.9 Å². The van der Waals surface area contributed by atoms with Gasteiger partial charge in [0.15, 0.2) is 11.0 Å². The third kappa shape index (κ3) is 3.48. The van der Waals surface area contributed by atoms with Gasteiger partial charge in [0, 0.05) is 11.4 Å². The lowest BCUT2D eigenvalue weighted by atomic mass is 10.1. The second kappa shape index (κ2) is 6.38. The molecule has 0 atom stereocenters. The third-order valence-electron chi connectivity index (χ3n) is 2.82. The quantitative estimate of drug-likeness (QED) is 0.225. The summed E-state index contributed by atoms with van der Waals surface area (Å²) in [5.74, 6) is 0.777. The number of hydrogen-bond acceptors (Lipinski definition) is 5. The van der Waals surface area contributed by atoms with Crippen LogP contribution in [0.1, 0.15) is 22.5 Å². The lowest BCUT2D eigenvalue weighted by Crippen LogP contribution is -2.16. The molecule has 0 radical (unpaired) electrons. The van der Waals surface area contributed by atoms with Gasteiger partial charge in [0.2, 0.25) is 0 Å². The van der Waals surface area contributed by atoms with E-state index in [1.165, 1.54) is 22.9 Å². The highest BCUT2D eigenvalue weighted by Crippen LogP contribution is 2.21. The molecule has 1 aromatic heterocycles. The van der Waals surface area contributed by atoms with E-state index >= 15 is 0 Å². The maximum atomic E-state index is 8.71. The fourth-order valence-corrected chi connectivity index (χ4v) is 2.68. The molecule has 0 bridgehead atoms. The topological polar surface area (TPSA) is 84.4 Å². The van der Waals surface area contributed by atoms with E-state index in [4.69, 9.17) is 10.9 Å². The van der Waals surface area contributed by atoms with Gasteiger partial charge in [-0.15, -0.1) is 0 Å². The number of nitrogens with two attached hydrogens (primary N) is 1. The summed E-state index contributed by atoms with van der Waals surface area (Å²) in [5.41, 5.74) is 9.27. The van der Waals surface area contributed by atoms with E-state index in [-0.39, 0.29) is 5.84 Å². The zero-order valence-corrected chi connectivity index (χ0v) is 12.2. The second-order valence-electron chi connectivity index (χ2n) is 4.38. The standard InChI is InChI=1S/C14H16N4OS/c1-9-5-3-4-6-11(9)8-20-14-16-10(2)7-12(17-14)13(15)18-19/h3-7,19H,8H2,1-2H3,(H2,15,18). The number of nitrogens with zero attached hydrogens (tertiary/aromatic N) is 3. The summed E-state index contributed by atoms with van der Waals surface area (Å²) in [6.07, 6.45) is 0. The van der Waals surface area contributed by atoms with Gasteiger partial charge in [-0.2, -0.15) is 0 Å². The normalized spacial score (nSPS) is 11.6. The third-order valence-corrected chi connectivity index (χ3v) is 3.72. The Balaban J connectivity index is 2.18. The first-order chi connectivity index (χ1) is 9.60. The zero-order valence-electron chi connectivity index (χ0n) is 11.4. The molecule has 0 aliphatic carbocycles. The number of amidine groups is 1. The van der Waals surface area contributed by atoms with Gasteiger partial charge in [-0.25, -0.2) is 9.97 Å². The molecule has 1 heterocycles. The molecule has 2 rings (SSSR count). The number of hydrogen-bond donors (Lipinski definition) is 2. The highest BCUT2D eigenvalue weighted by Gasteiger charge is 2.07. The minimum absolute atomic E-state index is 0.00626. The number of thioether (sulfide) groups is 1. The summed E-state index contributed by atoms with van der Waals surface area (Å²) in [4.78, 5) is 8.64. The van der Waals surface area contributed by atoms with Crippen molar-refractivity contribution in [3.63, 3.8) is 0 Å². The van der Waals surface area contributed by atoms with Crippen LogP contribution in [-0.4, -0.2) is 21.0 Å². The Kier molecular flexibility index (Phi) is 4.57. The van der Waals surface area contributed by atoms with E-state index in [1.54, 1.807) is 6.07 Å². The van der Waals surface area contributed by atoms with Gasteiger partial charge in [0.05, 0.1) is 0 Å². The van der Waals surface area contributed by atoms with Crippen LogP contribution in [0.4, 0.5) is 0 Å². The Labute approximate surface area is 121 Å². The predicted molar refractivity (Wildman–Crippen MR) is 80.0 cm³/mol. The monoisotopic (exact) mass is 288 g/mol. The van der Waals surface area contributed by atoms with Crippen molar-refractivity contribution in [2.45, 2.75) is 24.8 Å². The van der Waals surface area contributed by atoms with Gasteiger partial charge in [-0.3, -0.25) is 0 Å². The van der Waals surface area contributed by atoms with Gasteiger partial charge in [0.25, 0.3) is 0 Å². The Morgan fingerprint density at radius 3 is 2.75 bits per heavy atom. The molecule has 1 aromatic carbocycles. The lowest BCUT2D eigenvalue weighted by molar-refractivity contribution is 0.318. The molecule has 0 unspecified atom stereocenters. The van der Waals surface area contributed by atoms with Gasteiger partial charge < -0.3 is 10.9 Å². The van der Waals surface area contributed by atoms with E-state index in [0.717, 1.165) is 11.4 Å². The van der Waals surface area contributed by atoms with E-state index in [2.05, 4.69) is 34.2 Å². The summed E-state index contributed by atoms with van der Waals surface area (Å²) in [5, 5.41) is 12.3. The van der Waals surface area contributed by atoms with E-state index in [1.807, 2.05) is 19.1 Å². The van der Waals surface area contributed by atoms with Crippen LogP contribution in [-0.2, 0) is 5.75 Å². The highest BCUT2D eigenvalue weighted by atomic mass is 32.2. The van der Waals surface area contributed by atoms with Gasteiger partial charge in [-0.1, -0.05) is 41.2 Å². The van der Waals surface area contributed by atoms with Crippen molar-refractivity contribution >= 4 is 17.6 Å². The first-order valence-corrected chi connectivity index (χ1v) is 7.09. The predicted octanol–water partition coefficient (Wildman–Crippen LogP) is 2.48. The molecule has 2 aromatic rings. The van der Waals surface area contributed by atoms with Crippen molar-refractivity contribution in [1.82, 2.24) is 9.97 Å². The lowest BCUT2D eigenvalue weighted by Gasteiger charge is -2.06. The number of rotatable bonds is 4. The van der Waals surface area contributed by atoms with Crippen molar-refractivity contribution in [3.05, 3.63) is 52.8 Å². The minimum atomic E-state index is -0.00626. The molecule has 5 nitrogen and oxygen atoms in total. The number of aryl methyl sites for hydroxylation is 2. The fourth-order valence-electron chi connectivity index (χ4n) is 1.70. The van der Waals surface area contributed by atoms with Crippen LogP contribution < -0.4 is 5.73 Å². The summed E-state index contributed by atoms with van der Waals surface area (Å²) in [6, 6.07) is 9.88. The molecule has 104 valence electrons. The first-order valence-electron chi connectivity index (χ1n) is 6.11. The number of benzene rings is 1. The van der Waals surface area contributed by atoms with Crippen molar-refractivity contribution < 1.29 is 5.21 Å². The van der Waals surface area contributed by atoms with Gasteiger partial charge in [-0.05, 0) is 31.0 Å². The SMILES string of the molecule is Cc1cc(/C(N)=N/O)nc(SCc2ccccc2C)n1. The zero-order chi connectivity index (χ0) is 14.5. The average molecular weight is 288 g/mol. The fraction of sp³-hybridized carbons (Fsp3) is 0.214. The molecule has 0 saturated heterocycles. The molecular formula is C14H16N4OS. The smallest absolute Gasteiger partial charge is 0.188 e. The molecule has 0 aliphatic heterocycles. The molecule has 0 amide bonds. The van der Waals surface area contributed by atoms with Crippen LogP contribution in [0.15, 0.2) is 40.6 Å². The van der Waals surface area contributed by atoms with E-state index in [9.17, 15) is 0 Å². The maximum Gasteiger partial charge on any atom is 0.188 e. The van der Waals surface area contributed by atoms with E-state index < -0.39 is 0 Å². The summed E-state index contributed by atoms with van der Waals surface area (Å²) < 4.78 is 0. The van der Waals surface area contributed by atoms with Crippen LogP contribution in [0.5, 0.6) is 0 Å². The molecule has 20 heavy (non-hydrogen) atoms. The summed E-state index contributed by atoms with van der Waals surface area (Å²) in [6.45, 7) is 3.93. The summed E-state index contributed by atoms with van der Waals surface area (Å²) >= 11 is 1.53. The van der Waals surface area contributed by atoms with Crippen LogP contribution in [0.3, 0.4) is 0 Å². The Morgan fingerprint density at radius 2 is 2.05 bits per heavy atom. The molecular weight excluding hydrogens is 272 g/mol. The average Bonchev–Trinajstić information content (AvgIpc) is 2.45. The highest BCUT2D eigenvalue weighted by molar-refractivity contribution is 7.98. The largest absolute Gasteiger partial charge is 0.409 e. The second-order valence-corrected chi connectivity index (χ2v) is 5.32. The van der Waals surface area contributed by atoms with Crippen molar-refractivity contribution in [1.29, 1.82) is 0 Å². The first kappa shape index (κ1) is 14.3. The maximum absolute atomic E-state index is 8.71. The van der Waals surface area contributed by atoms with Crippen LogP contribution >= 0.6 is 11.8 Å². The van der Waals surface area contributed by atoms with Crippen LogP contribution in [0.25, 0.3) is 0 Å². The molecule has 0 saturated carbocycles. The van der Waals surface area contributed by atoms with Crippen LogP contribution in [0.2, 0.25) is 0 Å². The summed E-state index contributed by atoms with van der Waals surface area (Å²) in [7, 11) is 0. The Hall–Kier alpha value is -2.08. The molecule has 0 aliphatic rings. The number of oxime groups is 1. The van der Waals surface area contributed by atoms with Crippen molar-refractivity contribution in [3.8, 4) is 0 Å². The Bertz CT molecular complexity index is 643. The van der Waals surface area contributed by atoms with Gasteiger partial charge >= 0.3 is 0 Å².